The summed E-state index contributed by atoms with van der Waals surface area (Å²) >= 11 is 3.51. The van der Waals surface area contributed by atoms with E-state index in [1.165, 1.54) is 16.5 Å². The van der Waals surface area contributed by atoms with Crippen LogP contribution in [0.5, 0.6) is 5.75 Å². The number of hydrogen-bond donors (Lipinski definition) is 0. The Bertz CT molecular complexity index is 707. The van der Waals surface area contributed by atoms with Gasteiger partial charge in [0.1, 0.15) is 12.4 Å². The molecule has 3 aromatic rings. The number of hydrogen-bond acceptors (Lipinski definition) is 2. The molecule has 0 unspecified atom stereocenters. The molecular formula is C15H13BrN2O. The Morgan fingerprint density at radius 3 is 3.00 bits per heavy atom. The monoisotopic (exact) mass is 316 g/mol. The Kier molecular flexibility index (Phi) is 3.25. The van der Waals surface area contributed by atoms with Crippen LogP contribution in [0.25, 0.3) is 10.9 Å². The van der Waals surface area contributed by atoms with Gasteiger partial charge < -0.3 is 9.30 Å². The SMILES string of the molecule is Cn1cc(COc2cccnc2)c2cc(Br)ccc21. The maximum Gasteiger partial charge on any atom is 0.138 e. The molecule has 19 heavy (non-hydrogen) atoms. The van der Waals surface area contributed by atoms with E-state index in [2.05, 4.69) is 43.8 Å². The van der Waals surface area contributed by atoms with Crippen LogP contribution < -0.4 is 4.74 Å². The van der Waals surface area contributed by atoms with Gasteiger partial charge in [-0.2, -0.15) is 0 Å². The molecule has 0 radical (unpaired) electrons. The zero-order valence-electron chi connectivity index (χ0n) is 10.5. The van der Waals surface area contributed by atoms with Crippen LogP contribution in [0.4, 0.5) is 0 Å². The van der Waals surface area contributed by atoms with E-state index in [-0.39, 0.29) is 0 Å². The zero-order valence-corrected chi connectivity index (χ0v) is 12.1. The second-order valence-electron chi connectivity index (χ2n) is 4.40. The average molecular weight is 317 g/mol. The molecule has 0 saturated heterocycles. The first-order valence-corrected chi connectivity index (χ1v) is 6.79. The lowest BCUT2D eigenvalue weighted by atomic mass is 10.2. The molecule has 3 nitrogen and oxygen atoms in total. The van der Waals surface area contributed by atoms with Crippen molar-refractivity contribution in [2.75, 3.05) is 0 Å². The van der Waals surface area contributed by atoms with Gasteiger partial charge >= 0.3 is 0 Å². The van der Waals surface area contributed by atoms with Gasteiger partial charge in [-0.3, -0.25) is 4.98 Å². The van der Waals surface area contributed by atoms with Gasteiger partial charge in [0.15, 0.2) is 0 Å². The fourth-order valence-electron chi connectivity index (χ4n) is 2.15. The van der Waals surface area contributed by atoms with Crippen molar-refractivity contribution in [1.29, 1.82) is 0 Å². The molecule has 0 saturated carbocycles. The minimum absolute atomic E-state index is 0.541. The van der Waals surface area contributed by atoms with Crippen LogP contribution in [0, 0.1) is 0 Å². The predicted octanol–water partition coefficient (Wildman–Crippen LogP) is 3.91. The van der Waals surface area contributed by atoms with Crippen LogP contribution in [0.1, 0.15) is 5.56 Å². The molecule has 0 bridgehead atoms. The van der Waals surface area contributed by atoms with Gasteiger partial charge in [-0.1, -0.05) is 15.9 Å². The van der Waals surface area contributed by atoms with E-state index in [1.54, 1.807) is 12.4 Å². The number of aryl methyl sites for hydroxylation is 1. The van der Waals surface area contributed by atoms with Crippen LogP contribution in [0.3, 0.4) is 0 Å². The van der Waals surface area contributed by atoms with Crippen LogP contribution in [0.2, 0.25) is 0 Å². The highest BCUT2D eigenvalue weighted by atomic mass is 79.9. The molecule has 0 aliphatic heterocycles. The summed E-state index contributed by atoms with van der Waals surface area (Å²) in [6.07, 6.45) is 5.57. The Hall–Kier alpha value is -1.81. The van der Waals surface area contributed by atoms with Crippen LogP contribution in [-0.2, 0) is 13.7 Å². The summed E-state index contributed by atoms with van der Waals surface area (Å²) < 4.78 is 8.95. The molecule has 0 aliphatic rings. The smallest absolute Gasteiger partial charge is 0.138 e. The van der Waals surface area contributed by atoms with Gasteiger partial charge in [-0.15, -0.1) is 0 Å². The number of halogens is 1. The summed E-state index contributed by atoms with van der Waals surface area (Å²) in [6, 6.07) is 10.1. The Balaban J connectivity index is 1.91. The van der Waals surface area contributed by atoms with Crippen molar-refractivity contribution in [2.45, 2.75) is 6.61 Å². The molecule has 0 spiro atoms. The van der Waals surface area contributed by atoms with Gasteiger partial charge in [0.05, 0.1) is 6.20 Å². The lowest BCUT2D eigenvalue weighted by Crippen LogP contribution is -1.94. The second-order valence-corrected chi connectivity index (χ2v) is 5.32. The predicted molar refractivity (Wildman–Crippen MR) is 79.2 cm³/mol. The molecule has 0 N–H and O–H groups in total. The van der Waals surface area contributed by atoms with Crippen molar-refractivity contribution in [1.82, 2.24) is 9.55 Å². The lowest BCUT2D eigenvalue weighted by Gasteiger charge is -2.04. The van der Waals surface area contributed by atoms with Gasteiger partial charge in [0, 0.05) is 40.4 Å². The lowest BCUT2D eigenvalue weighted by molar-refractivity contribution is 0.306. The quantitative estimate of drug-likeness (QED) is 0.732. The largest absolute Gasteiger partial charge is 0.487 e. The molecule has 0 fully saturated rings. The van der Waals surface area contributed by atoms with E-state index in [0.717, 1.165) is 10.2 Å². The Morgan fingerprint density at radius 2 is 2.21 bits per heavy atom. The number of pyridine rings is 1. The van der Waals surface area contributed by atoms with E-state index in [4.69, 9.17) is 4.74 Å². The molecule has 2 aromatic heterocycles. The third kappa shape index (κ3) is 2.49. The number of benzene rings is 1. The summed E-state index contributed by atoms with van der Waals surface area (Å²) in [4.78, 5) is 4.04. The minimum atomic E-state index is 0.541. The summed E-state index contributed by atoms with van der Waals surface area (Å²) in [5.74, 6) is 0.787. The number of rotatable bonds is 3. The fourth-order valence-corrected chi connectivity index (χ4v) is 2.52. The number of fused-ring (bicyclic) bond motifs is 1. The summed E-state index contributed by atoms with van der Waals surface area (Å²) in [5.41, 5.74) is 2.37. The average Bonchev–Trinajstić information content (AvgIpc) is 2.74. The van der Waals surface area contributed by atoms with E-state index in [9.17, 15) is 0 Å². The van der Waals surface area contributed by atoms with E-state index < -0.39 is 0 Å². The number of ether oxygens (including phenoxy) is 1. The van der Waals surface area contributed by atoms with Crippen molar-refractivity contribution in [2.24, 2.45) is 7.05 Å². The number of aromatic nitrogens is 2. The summed E-state index contributed by atoms with van der Waals surface area (Å²) in [6.45, 7) is 0.541. The van der Waals surface area contributed by atoms with Gasteiger partial charge in [0.25, 0.3) is 0 Å². The molecule has 3 rings (SSSR count). The molecule has 4 heteroatoms. The van der Waals surface area contributed by atoms with Gasteiger partial charge in [-0.05, 0) is 30.3 Å². The van der Waals surface area contributed by atoms with Gasteiger partial charge in [0.2, 0.25) is 0 Å². The van der Waals surface area contributed by atoms with Crippen LogP contribution >= 0.6 is 15.9 Å². The second kappa shape index (κ2) is 5.05. The van der Waals surface area contributed by atoms with Gasteiger partial charge in [-0.25, -0.2) is 0 Å². The first-order chi connectivity index (χ1) is 9.24. The van der Waals surface area contributed by atoms with E-state index >= 15 is 0 Å². The normalized spacial score (nSPS) is 10.8. The van der Waals surface area contributed by atoms with Crippen molar-refractivity contribution in [3.63, 3.8) is 0 Å². The molecule has 0 amide bonds. The van der Waals surface area contributed by atoms with Crippen molar-refractivity contribution < 1.29 is 4.74 Å². The molecule has 1 aromatic carbocycles. The molecule has 96 valence electrons. The van der Waals surface area contributed by atoms with Crippen molar-refractivity contribution >= 4 is 26.8 Å². The highest BCUT2D eigenvalue weighted by molar-refractivity contribution is 9.10. The maximum atomic E-state index is 5.76. The Morgan fingerprint density at radius 1 is 1.32 bits per heavy atom. The third-order valence-corrected chi connectivity index (χ3v) is 3.56. The summed E-state index contributed by atoms with van der Waals surface area (Å²) in [5, 5.41) is 1.21. The standard InChI is InChI=1S/C15H13BrN2O/c1-18-9-11(10-19-13-3-2-6-17-8-13)14-7-12(16)4-5-15(14)18/h2-9H,10H2,1H3. The topological polar surface area (TPSA) is 27.1 Å². The fraction of sp³-hybridized carbons (Fsp3) is 0.133. The molecule has 0 atom stereocenters. The molecular weight excluding hydrogens is 304 g/mol. The maximum absolute atomic E-state index is 5.76. The zero-order chi connectivity index (χ0) is 13.2. The Labute approximate surface area is 120 Å². The van der Waals surface area contributed by atoms with Crippen LogP contribution in [-0.4, -0.2) is 9.55 Å². The first kappa shape index (κ1) is 12.2. The molecule has 0 aliphatic carbocycles. The highest BCUT2D eigenvalue weighted by Crippen LogP contribution is 2.25. The minimum Gasteiger partial charge on any atom is -0.487 e. The number of nitrogens with zero attached hydrogens (tertiary/aromatic N) is 2. The first-order valence-electron chi connectivity index (χ1n) is 6.00. The summed E-state index contributed by atoms with van der Waals surface area (Å²) in [7, 11) is 2.05. The van der Waals surface area contributed by atoms with Crippen LogP contribution in [0.15, 0.2) is 53.4 Å². The van der Waals surface area contributed by atoms with E-state index in [0.29, 0.717) is 6.61 Å². The highest BCUT2D eigenvalue weighted by Gasteiger charge is 2.07. The van der Waals surface area contributed by atoms with Crippen molar-refractivity contribution in [3.8, 4) is 5.75 Å². The molecule has 2 heterocycles. The third-order valence-electron chi connectivity index (χ3n) is 3.06. The van der Waals surface area contributed by atoms with Crippen molar-refractivity contribution in [3.05, 3.63) is 59.0 Å². The van der Waals surface area contributed by atoms with E-state index in [1.807, 2.05) is 25.2 Å².